The zero-order chi connectivity index (χ0) is 20.7. The van der Waals surface area contributed by atoms with Crippen LogP contribution in [0, 0.1) is 0 Å². The number of ether oxygens (including phenoxy) is 1. The summed E-state index contributed by atoms with van der Waals surface area (Å²) in [6, 6.07) is 32.8. The summed E-state index contributed by atoms with van der Waals surface area (Å²) in [5.41, 5.74) is 0. The smallest absolute Gasteiger partial charge is 0.418 e. The molecule has 1 aliphatic rings. The molecule has 4 rings (SSSR count). The van der Waals surface area contributed by atoms with E-state index in [0.29, 0.717) is 0 Å². The Hall–Kier alpha value is -1.82. The van der Waals surface area contributed by atoms with Crippen molar-refractivity contribution < 1.29 is 22.0 Å². The van der Waals surface area contributed by atoms with Crippen molar-refractivity contribution >= 4 is 42.2 Å². The van der Waals surface area contributed by atoms with Gasteiger partial charge in [-0.05, 0) is 36.4 Å². The summed E-state index contributed by atoms with van der Waals surface area (Å²) >= 11 is 1.96. The molecule has 152 valence electrons. The summed E-state index contributed by atoms with van der Waals surface area (Å²) in [6.45, 7) is 0.837. The number of thioether (sulfide) groups is 1. The molecule has 0 radical (unpaired) electrons. The van der Waals surface area contributed by atoms with Gasteiger partial charge in [0.1, 0.15) is 15.9 Å². The third-order valence-corrected chi connectivity index (χ3v) is 10.7. The Morgan fingerprint density at radius 1 is 0.690 bits per heavy atom. The first kappa shape index (κ1) is 21.9. The molecular weight excluding hydrogens is 418 g/mol. The Labute approximate surface area is 172 Å². The average Bonchev–Trinajstić information content (AvgIpc) is 3.25. The maximum absolute atomic E-state index is 9.75. The van der Waals surface area contributed by atoms with Gasteiger partial charge < -0.3 is 22.0 Å². The van der Waals surface area contributed by atoms with Crippen LogP contribution in [-0.2, 0) is 4.74 Å². The van der Waals surface area contributed by atoms with Crippen LogP contribution >= 0.6 is 19.0 Å². The molecule has 1 heterocycles. The fourth-order valence-corrected chi connectivity index (χ4v) is 10.1. The number of rotatable bonds is 4. The topological polar surface area (TPSA) is 9.23 Å². The molecule has 1 atom stereocenters. The predicted octanol–water partition coefficient (Wildman–Crippen LogP) is 5.33. The number of benzene rings is 3. The van der Waals surface area contributed by atoms with Crippen molar-refractivity contribution in [1.29, 1.82) is 0 Å². The maximum Gasteiger partial charge on any atom is 0.673 e. The van der Waals surface area contributed by atoms with E-state index in [-0.39, 0.29) is 5.18 Å². The Kier molecular flexibility index (Phi) is 7.39. The van der Waals surface area contributed by atoms with Crippen molar-refractivity contribution in [2.75, 3.05) is 12.4 Å². The normalized spacial score (nSPS) is 16.8. The van der Waals surface area contributed by atoms with Crippen LogP contribution in [0.1, 0.15) is 0 Å². The van der Waals surface area contributed by atoms with Gasteiger partial charge in [-0.15, -0.1) is 0 Å². The molecule has 0 bridgehead atoms. The van der Waals surface area contributed by atoms with Gasteiger partial charge in [-0.2, -0.15) is 0 Å². The first-order chi connectivity index (χ1) is 13.9. The summed E-state index contributed by atoms with van der Waals surface area (Å²) in [4.78, 5) is 0. The van der Waals surface area contributed by atoms with Crippen LogP contribution in [0.4, 0.5) is 17.3 Å². The van der Waals surface area contributed by atoms with Gasteiger partial charge in [0.2, 0.25) is 5.18 Å². The van der Waals surface area contributed by atoms with Crippen molar-refractivity contribution in [3.8, 4) is 0 Å². The van der Waals surface area contributed by atoms with Crippen LogP contribution in [0.15, 0.2) is 91.0 Å². The van der Waals surface area contributed by atoms with E-state index in [1.807, 2.05) is 11.8 Å². The van der Waals surface area contributed by atoms with E-state index in [1.165, 1.54) is 15.9 Å². The second-order valence-corrected chi connectivity index (χ2v) is 11.3. The first-order valence-corrected chi connectivity index (χ1v) is 12.0. The minimum Gasteiger partial charge on any atom is -0.418 e. The molecule has 0 saturated carbocycles. The molecule has 1 nitrogen and oxygen atoms in total. The quantitative estimate of drug-likeness (QED) is 0.310. The molecule has 0 amide bonds. The zero-order valence-electron chi connectivity index (χ0n) is 15.5. The summed E-state index contributed by atoms with van der Waals surface area (Å²) in [7, 11) is -7.86. The summed E-state index contributed by atoms with van der Waals surface area (Å²) in [5.74, 6) is 1.07. The maximum atomic E-state index is 9.75. The molecule has 29 heavy (non-hydrogen) atoms. The molecule has 1 unspecified atom stereocenters. The van der Waals surface area contributed by atoms with Crippen molar-refractivity contribution in [2.24, 2.45) is 0 Å². The van der Waals surface area contributed by atoms with Crippen LogP contribution < -0.4 is 15.9 Å². The van der Waals surface area contributed by atoms with E-state index in [9.17, 15) is 17.3 Å². The fraction of sp³-hybridized carbons (Fsp3) is 0.143. The Morgan fingerprint density at radius 3 is 1.31 bits per heavy atom. The van der Waals surface area contributed by atoms with Crippen LogP contribution in [0.3, 0.4) is 0 Å². The minimum absolute atomic E-state index is 0.185. The molecule has 0 spiro atoms. The molecule has 1 fully saturated rings. The predicted molar refractivity (Wildman–Crippen MR) is 118 cm³/mol. The van der Waals surface area contributed by atoms with E-state index in [4.69, 9.17) is 4.74 Å². The minimum atomic E-state index is -6.00. The lowest BCUT2D eigenvalue weighted by atomic mass is 10.3. The number of hydrogen-bond donors (Lipinski definition) is 0. The molecule has 0 aliphatic carbocycles. The van der Waals surface area contributed by atoms with Gasteiger partial charge in [-0.3, -0.25) is 0 Å². The van der Waals surface area contributed by atoms with E-state index < -0.39 is 14.5 Å². The van der Waals surface area contributed by atoms with Gasteiger partial charge in [-0.25, -0.2) is 0 Å². The van der Waals surface area contributed by atoms with Crippen molar-refractivity contribution in [1.82, 2.24) is 0 Å². The average molecular weight is 438 g/mol. The summed E-state index contributed by atoms with van der Waals surface area (Å²) in [5, 5.41) is 4.36. The third-order valence-electron chi connectivity index (χ3n) is 4.41. The lowest BCUT2D eigenvalue weighted by Crippen LogP contribution is -2.37. The lowest BCUT2D eigenvalue weighted by molar-refractivity contribution is 0.193. The highest BCUT2D eigenvalue weighted by Gasteiger charge is 2.55. The van der Waals surface area contributed by atoms with E-state index in [2.05, 4.69) is 91.0 Å². The van der Waals surface area contributed by atoms with E-state index in [1.54, 1.807) is 0 Å². The van der Waals surface area contributed by atoms with Gasteiger partial charge in [0.15, 0.2) is 7.26 Å². The van der Waals surface area contributed by atoms with Gasteiger partial charge in [0.25, 0.3) is 0 Å². The standard InChI is InChI=1S/C21H20OPS.BF4/c1-4-10-18(11-5-1)23(21-22-16-17-24-21,19-12-6-2-7-13-19)20-14-8-3-9-15-20;2-1(3,4)5/h1-15,21H,16-17H2;/q+1;-1. The lowest BCUT2D eigenvalue weighted by Gasteiger charge is -2.31. The second kappa shape index (κ2) is 9.79. The Balaban J connectivity index is 0.000000431. The van der Waals surface area contributed by atoms with Crippen LogP contribution in [0.5, 0.6) is 0 Å². The molecule has 3 aromatic rings. The first-order valence-electron chi connectivity index (χ1n) is 9.08. The van der Waals surface area contributed by atoms with Gasteiger partial charge in [0, 0.05) is 5.75 Å². The molecule has 1 aliphatic heterocycles. The Morgan fingerprint density at radius 2 is 1.03 bits per heavy atom. The highest BCUT2D eigenvalue weighted by molar-refractivity contribution is 8.14. The number of hydrogen-bond acceptors (Lipinski definition) is 2. The van der Waals surface area contributed by atoms with Gasteiger partial charge >= 0.3 is 7.25 Å². The summed E-state index contributed by atoms with van der Waals surface area (Å²) < 4.78 is 45.3. The Bertz CT molecular complexity index is 773. The third kappa shape index (κ3) is 5.41. The second-order valence-electron chi connectivity index (χ2n) is 6.27. The van der Waals surface area contributed by atoms with Gasteiger partial charge in [0.05, 0.1) is 6.61 Å². The molecule has 3 aromatic carbocycles. The highest BCUT2D eigenvalue weighted by atomic mass is 32.2. The van der Waals surface area contributed by atoms with Gasteiger partial charge in [-0.1, -0.05) is 66.4 Å². The molecular formula is C21H20BF4OPS. The molecule has 8 heteroatoms. The molecule has 1 saturated heterocycles. The zero-order valence-corrected chi connectivity index (χ0v) is 17.2. The van der Waals surface area contributed by atoms with Crippen molar-refractivity contribution in [2.45, 2.75) is 5.18 Å². The fourth-order valence-electron chi connectivity index (χ4n) is 3.37. The molecule has 0 N–H and O–H groups in total. The monoisotopic (exact) mass is 438 g/mol. The SMILES string of the molecule is F[B-](F)(F)F.c1ccc([P+](c2ccccc2)(c2ccccc2)C2OCCS2)cc1. The van der Waals surface area contributed by atoms with Crippen molar-refractivity contribution in [3.05, 3.63) is 91.0 Å². The molecule has 0 aromatic heterocycles. The number of halogens is 4. The van der Waals surface area contributed by atoms with Crippen LogP contribution in [0.2, 0.25) is 0 Å². The largest absolute Gasteiger partial charge is 0.673 e. The summed E-state index contributed by atoms with van der Waals surface area (Å²) in [6.07, 6.45) is 0. The van der Waals surface area contributed by atoms with Crippen LogP contribution in [0.25, 0.3) is 0 Å². The van der Waals surface area contributed by atoms with Crippen LogP contribution in [-0.4, -0.2) is 24.8 Å². The van der Waals surface area contributed by atoms with E-state index >= 15 is 0 Å². The highest BCUT2D eigenvalue weighted by Crippen LogP contribution is 2.64. The van der Waals surface area contributed by atoms with Crippen molar-refractivity contribution in [3.63, 3.8) is 0 Å². The van der Waals surface area contributed by atoms with E-state index in [0.717, 1.165) is 12.4 Å².